The van der Waals surface area contributed by atoms with Crippen molar-refractivity contribution in [3.63, 3.8) is 0 Å². The van der Waals surface area contributed by atoms with Gasteiger partial charge >= 0.3 is 0 Å². The summed E-state index contributed by atoms with van der Waals surface area (Å²) in [6, 6.07) is 7.01. The Hall–Kier alpha value is -2.03. The lowest BCUT2D eigenvalue weighted by molar-refractivity contribution is -0.647. The van der Waals surface area contributed by atoms with Gasteiger partial charge in [-0.3, -0.25) is 0 Å². The SMILES string of the molecule is CN1C(=CC=Cc2n(CCCCS(=O)(=O)[O-])c3cc(Cl)c(Cl)cc3[n+]2C)N(CCCCS(=O)(=O)[O-])c2cc(Cl)c(Cl)cc21. The molecule has 1 aromatic heterocycles. The molecule has 0 bridgehead atoms. The average Bonchev–Trinajstić information content (AvgIpc) is 3.29. The minimum Gasteiger partial charge on any atom is -0.748 e. The first-order valence-corrected chi connectivity index (χ1v) is 17.9. The van der Waals surface area contributed by atoms with Crippen molar-refractivity contribution < 1.29 is 30.5 Å². The second-order valence-corrected chi connectivity index (χ2v) is 14.8. The summed E-state index contributed by atoms with van der Waals surface area (Å²) in [6.45, 7) is 0.857. The van der Waals surface area contributed by atoms with Crippen LogP contribution < -0.4 is 14.4 Å². The maximum Gasteiger partial charge on any atom is 0.282 e. The van der Waals surface area contributed by atoms with E-state index in [-0.39, 0.29) is 12.8 Å². The van der Waals surface area contributed by atoms with E-state index in [2.05, 4.69) is 0 Å². The maximum atomic E-state index is 11.1. The van der Waals surface area contributed by atoms with Gasteiger partial charge in [-0.1, -0.05) is 52.5 Å². The van der Waals surface area contributed by atoms with Gasteiger partial charge < -0.3 is 18.9 Å². The summed E-state index contributed by atoms with van der Waals surface area (Å²) in [5, 5.41) is 1.52. The van der Waals surface area contributed by atoms with Crippen LogP contribution in [0.3, 0.4) is 0 Å². The largest absolute Gasteiger partial charge is 0.748 e. The third-order valence-corrected chi connectivity index (χ3v) is 10.1. The van der Waals surface area contributed by atoms with E-state index in [1.54, 1.807) is 24.3 Å². The van der Waals surface area contributed by atoms with E-state index in [0.717, 1.165) is 34.1 Å². The number of anilines is 2. The van der Waals surface area contributed by atoms with E-state index < -0.39 is 31.7 Å². The molecule has 0 spiro atoms. The Kier molecular flexibility index (Phi) is 10.7. The van der Waals surface area contributed by atoms with Gasteiger partial charge in [-0.2, -0.15) is 0 Å². The van der Waals surface area contributed by atoms with Crippen molar-refractivity contribution >= 4 is 95.1 Å². The number of aromatic nitrogens is 2. The van der Waals surface area contributed by atoms with Crippen molar-refractivity contribution in [3.05, 3.63) is 68.2 Å². The van der Waals surface area contributed by atoms with E-state index in [1.807, 2.05) is 51.3 Å². The van der Waals surface area contributed by atoms with Crippen LogP contribution in [0.15, 0.2) is 42.2 Å². The molecule has 0 fully saturated rings. The van der Waals surface area contributed by atoms with Crippen molar-refractivity contribution in [2.24, 2.45) is 7.05 Å². The average molecular weight is 711 g/mol. The van der Waals surface area contributed by atoms with Crippen LogP contribution in [0.2, 0.25) is 20.1 Å². The molecule has 10 nitrogen and oxygen atoms in total. The fourth-order valence-corrected chi connectivity index (χ4v) is 6.82. The van der Waals surface area contributed by atoms with Gasteiger partial charge in [-0.15, -0.1) is 0 Å². The number of rotatable bonds is 12. The normalized spacial score (nSPS) is 15.0. The zero-order valence-electron chi connectivity index (χ0n) is 23.3. The Morgan fingerprint density at radius 2 is 1.33 bits per heavy atom. The first-order valence-electron chi connectivity index (χ1n) is 13.2. The quantitative estimate of drug-likeness (QED) is 0.136. The van der Waals surface area contributed by atoms with Crippen LogP contribution in [-0.2, 0) is 33.8 Å². The zero-order chi connectivity index (χ0) is 31.7. The smallest absolute Gasteiger partial charge is 0.282 e. The lowest BCUT2D eigenvalue weighted by atomic mass is 10.2. The molecule has 0 aliphatic carbocycles. The molecule has 2 heterocycles. The molecule has 0 radical (unpaired) electrons. The van der Waals surface area contributed by atoms with Gasteiger partial charge in [-0.05, 0) is 43.9 Å². The summed E-state index contributed by atoms with van der Waals surface area (Å²) < 4.78 is 70.5. The minimum absolute atomic E-state index is 0.209. The first kappa shape index (κ1) is 33.9. The molecule has 0 unspecified atom stereocenters. The molecule has 1 aliphatic heterocycles. The standard InChI is InChI=1S/C27H30Cl4N4O6S2/c1-32-22-14-18(28)20(30)16-24(22)34(10-3-5-12-42(36,37)38)26(32)8-7-9-27-33(2)23-15-19(29)21(31)17-25(23)35(27)11-4-6-13-43(39,40)41/h7-9,14-17H,3-6,10-13H2,1-2H3,(H-,36,37,38,39,40,41)/p-1. The number of unbranched alkanes of at least 4 members (excludes halogenated alkanes) is 2. The van der Waals surface area contributed by atoms with Crippen LogP contribution in [-0.4, -0.2) is 55.6 Å². The third kappa shape index (κ3) is 8.17. The lowest BCUT2D eigenvalue weighted by Crippen LogP contribution is -2.31. The number of nitrogens with zero attached hydrogens (tertiary/aromatic N) is 4. The lowest BCUT2D eigenvalue weighted by Gasteiger charge is -2.23. The molecular weight excluding hydrogens is 682 g/mol. The number of benzene rings is 2. The van der Waals surface area contributed by atoms with Gasteiger partial charge in [0.1, 0.15) is 5.82 Å². The zero-order valence-corrected chi connectivity index (χ0v) is 27.9. The molecule has 4 rings (SSSR count). The van der Waals surface area contributed by atoms with Crippen LogP contribution in [0.1, 0.15) is 31.5 Å². The Bertz CT molecular complexity index is 1820. The number of aryl methyl sites for hydroxylation is 2. The van der Waals surface area contributed by atoms with Crippen molar-refractivity contribution in [1.29, 1.82) is 0 Å². The third-order valence-electron chi connectivity index (χ3n) is 7.12. The molecular formula is C27H29Cl4N4O6S2-. The number of allylic oxidation sites excluding steroid dienone is 2. The van der Waals surface area contributed by atoms with Gasteiger partial charge in [0.25, 0.3) is 5.82 Å². The fraction of sp³-hybridized carbons (Fsp3) is 0.370. The van der Waals surface area contributed by atoms with Crippen LogP contribution in [0.5, 0.6) is 0 Å². The second-order valence-electron chi connectivity index (χ2n) is 10.1. The molecule has 0 amide bonds. The molecule has 1 aliphatic rings. The van der Waals surface area contributed by atoms with E-state index >= 15 is 0 Å². The van der Waals surface area contributed by atoms with E-state index in [1.165, 1.54) is 0 Å². The molecule has 0 saturated heterocycles. The van der Waals surface area contributed by atoms with Crippen LogP contribution in [0.25, 0.3) is 17.1 Å². The summed E-state index contributed by atoms with van der Waals surface area (Å²) in [5.41, 5.74) is 3.20. The van der Waals surface area contributed by atoms with Gasteiger partial charge in [0.15, 0.2) is 11.0 Å². The van der Waals surface area contributed by atoms with Crippen molar-refractivity contribution in [1.82, 2.24) is 4.57 Å². The highest BCUT2D eigenvalue weighted by molar-refractivity contribution is 7.85. The summed E-state index contributed by atoms with van der Waals surface area (Å²) in [4.78, 5) is 3.92. The fourth-order valence-electron chi connectivity index (χ4n) is 5.07. The van der Waals surface area contributed by atoms with Crippen LogP contribution in [0.4, 0.5) is 11.4 Å². The van der Waals surface area contributed by atoms with Crippen molar-refractivity contribution in [2.45, 2.75) is 32.2 Å². The van der Waals surface area contributed by atoms with Gasteiger partial charge in [0.2, 0.25) is 0 Å². The number of fused-ring (bicyclic) bond motifs is 2. The molecule has 3 aromatic rings. The summed E-state index contributed by atoms with van der Waals surface area (Å²) in [5.74, 6) is 0.651. The molecule has 16 heteroatoms. The highest BCUT2D eigenvalue weighted by Gasteiger charge is 2.29. The minimum atomic E-state index is -4.31. The van der Waals surface area contributed by atoms with Gasteiger partial charge in [0, 0.05) is 43.3 Å². The van der Waals surface area contributed by atoms with E-state index in [4.69, 9.17) is 46.4 Å². The second kappa shape index (κ2) is 13.5. The molecule has 0 atom stereocenters. The van der Waals surface area contributed by atoms with Crippen LogP contribution in [0, 0.1) is 0 Å². The van der Waals surface area contributed by atoms with E-state index in [9.17, 15) is 25.9 Å². The topological polar surface area (TPSA) is 130 Å². The van der Waals surface area contributed by atoms with Gasteiger partial charge in [-0.25, -0.2) is 26.0 Å². The Morgan fingerprint density at radius 1 is 0.791 bits per heavy atom. The number of imidazole rings is 1. The summed E-state index contributed by atoms with van der Waals surface area (Å²) in [6.07, 6.45) is 6.93. The Morgan fingerprint density at radius 3 is 1.93 bits per heavy atom. The number of hydrogen-bond donors (Lipinski definition) is 0. The summed E-state index contributed by atoms with van der Waals surface area (Å²) >= 11 is 25.3. The maximum absolute atomic E-state index is 11.1. The molecule has 43 heavy (non-hydrogen) atoms. The molecule has 2 aromatic carbocycles. The van der Waals surface area contributed by atoms with Crippen molar-refractivity contribution in [3.8, 4) is 0 Å². The molecule has 0 N–H and O–H groups in total. The highest BCUT2D eigenvalue weighted by Crippen LogP contribution is 2.45. The molecule has 234 valence electrons. The Labute approximate surface area is 271 Å². The predicted molar refractivity (Wildman–Crippen MR) is 170 cm³/mol. The Balaban J connectivity index is 1.69. The highest BCUT2D eigenvalue weighted by atomic mass is 35.5. The first-order chi connectivity index (χ1) is 20.1. The predicted octanol–water partition coefficient (Wildman–Crippen LogP) is 5.54. The summed E-state index contributed by atoms with van der Waals surface area (Å²) in [7, 11) is -4.88. The molecule has 0 saturated carbocycles. The monoisotopic (exact) mass is 709 g/mol. The number of halogens is 4. The van der Waals surface area contributed by atoms with Crippen LogP contribution >= 0.6 is 46.4 Å². The number of hydrogen-bond acceptors (Lipinski definition) is 8. The van der Waals surface area contributed by atoms with E-state index in [0.29, 0.717) is 46.0 Å². The van der Waals surface area contributed by atoms with Crippen molar-refractivity contribution in [2.75, 3.05) is 34.9 Å². The van der Waals surface area contributed by atoms with Gasteiger partial charge in [0.05, 0.1) is 65.3 Å².